The summed E-state index contributed by atoms with van der Waals surface area (Å²) in [6.07, 6.45) is -0.0368. The van der Waals surface area contributed by atoms with Crippen molar-refractivity contribution in [2.75, 3.05) is 0 Å². The van der Waals surface area contributed by atoms with Crippen molar-refractivity contribution >= 4 is 11.6 Å². The molecule has 0 amide bonds. The second-order valence-electron chi connectivity index (χ2n) is 2.47. The third-order valence-corrected chi connectivity index (χ3v) is 1.87. The number of aliphatic hydroxyl groups is 1. The first-order chi connectivity index (χ1) is 6.06. The Hall–Kier alpha value is -0.930. The Morgan fingerprint density at radius 1 is 1.38 bits per heavy atom. The van der Waals surface area contributed by atoms with Crippen LogP contribution >= 0.6 is 11.6 Å². The van der Waals surface area contributed by atoms with E-state index in [4.69, 9.17) is 11.6 Å². The fourth-order valence-corrected chi connectivity index (χ4v) is 1.06. The Labute approximate surface area is 79.3 Å². The van der Waals surface area contributed by atoms with Crippen molar-refractivity contribution in [3.63, 3.8) is 0 Å². The van der Waals surface area contributed by atoms with Crippen LogP contribution in [0.3, 0.4) is 0 Å². The zero-order chi connectivity index (χ0) is 10.0. The maximum atomic E-state index is 13.0. The SMILES string of the molecule is C=CC(O)c1cc(Cl)c(F)cc1F. The molecule has 1 atom stereocenters. The van der Waals surface area contributed by atoms with Crippen LogP contribution in [0, 0.1) is 11.6 Å². The molecule has 0 aromatic heterocycles. The van der Waals surface area contributed by atoms with E-state index in [0.29, 0.717) is 6.07 Å². The Balaban J connectivity index is 3.22. The Bertz CT molecular complexity index is 339. The highest BCUT2D eigenvalue weighted by Crippen LogP contribution is 2.24. The van der Waals surface area contributed by atoms with Crippen LogP contribution in [0.5, 0.6) is 0 Å². The molecule has 0 saturated carbocycles. The molecule has 0 aliphatic carbocycles. The summed E-state index contributed by atoms with van der Waals surface area (Å²) >= 11 is 5.40. The normalized spacial score (nSPS) is 12.6. The molecule has 1 aromatic rings. The third-order valence-electron chi connectivity index (χ3n) is 1.58. The van der Waals surface area contributed by atoms with Gasteiger partial charge in [-0.3, -0.25) is 0 Å². The highest BCUT2D eigenvalue weighted by atomic mass is 35.5. The quantitative estimate of drug-likeness (QED) is 0.580. The Morgan fingerprint density at radius 2 is 2.00 bits per heavy atom. The second kappa shape index (κ2) is 3.85. The average Bonchev–Trinajstić information content (AvgIpc) is 2.10. The van der Waals surface area contributed by atoms with Crippen LogP contribution < -0.4 is 0 Å². The molecule has 0 aliphatic heterocycles. The van der Waals surface area contributed by atoms with Gasteiger partial charge in [0.15, 0.2) is 0 Å². The van der Waals surface area contributed by atoms with Crippen molar-refractivity contribution in [1.82, 2.24) is 0 Å². The topological polar surface area (TPSA) is 20.2 Å². The summed E-state index contributed by atoms with van der Waals surface area (Å²) in [5, 5.41) is 8.96. The molecule has 0 saturated heterocycles. The van der Waals surface area contributed by atoms with Gasteiger partial charge in [0.25, 0.3) is 0 Å². The molecule has 0 aliphatic rings. The minimum atomic E-state index is -1.17. The maximum Gasteiger partial charge on any atom is 0.144 e. The molecule has 0 radical (unpaired) electrons. The van der Waals surface area contributed by atoms with Gasteiger partial charge in [-0.15, -0.1) is 6.58 Å². The summed E-state index contributed by atoms with van der Waals surface area (Å²) in [5.41, 5.74) is -0.0820. The van der Waals surface area contributed by atoms with E-state index >= 15 is 0 Å². The van der Waals surface area contributed by atoms with E-state index in [0.717, 1.165) is 12.1 Å². The Morgan fingerprint density at radius 3 is 2.54 bits per heavy atom. The number of benzene rings is 1. The van der Waals surface area contributed by atoms with Crippen molar-refractivity contribution in [2.45, 2.75) is 6.10 Å². The van der Waals surface area contributed by atoms with Gasteiger partial charge in [0.2, 0.25) is 0 Å². The molecule has 13 heavy (non-hydrogen) atoms. The van der Waals surface area contributed by atoms with E-state index in [1.165, 1.54) is 0 Å². The van der Waals surface area contributed by atoms with Crippen molar-refractivity contribution in [3.8, 4) is 0 Å². The minimum absolute atomic E-state index is 0.0820. The van der Waals surface area contributed by atoms with Gasteiger partial charge in [0.05, 0.1) is 11.1 Å². The lowest BCUT2D eigenvalue weighted by molar-refractivity contribution is 0.223. The summed E-state index contributed by atoms with van der Waals surface area (Å²) in [7, 11) is 0. The maximum absolute atomic E-state index is 13.0. The van der Waals surface area contributed by atoms with Gasteiger partial charge < -0.3 is 5.11 Å². The standard InChI is InChI=1S/C9H7ClF2O/c1-2-9(13)5-3-6(10)8(12)4-7(5)11/h2-4,9,13H,1H2. The van der Waals surface area contributed by atoms with Gasteiger partial charge in [-0.25, -0.2) is 8.78 Å². The van der Waals surface area contributed by atoms with Gasteiger partial charge in [0, 0.05) is 11.6 Å². The van der Waals surface area contributed by atoms with Gasteiger partial charge in [-0.1, -0.05) is 17.7 Å². The smallest absolute Gasteiger partial charge is 0.144 e. The van der Waals surface area contributed by atoms with Crippen molar-refractivity contribution < 1.29 is 13.9 Å². The van der Waals surface area contributed by atoms with E-state index in [1.807, 2.05) is 0 Å². The molecule has 0 heterocycles. The monoisotopic (exact) mass is 204 g/mol. The zero-order valence-electron chi connectivity index (χ0n) is 6.60. The first-order valence-corrected chi connectivity index (χ1v) is 3.89. The van der Waals surface area contributed by atoms with Crippen LogP contribution in [0.25, 0.3) is 0 Å². The number of hydrogen-bond acceptors (Lipinski definition) is 1. The lowest BCUT2D eigenvalue weighted by Crippen LogP contribution is -1.98. The number of rotatable bonds is 2. The van der Waals surface area contributed by atoms with Crippen LogP contribution in [0.15, 0.2) is 24.8 Å². The third kappa shape index (κ3) is 2.05. The van der Waals surface area contributed by atoms with Gasteiger partial charge in [-0.05, 0) is 6.07 Å². The summed E-state index contributed by atoms with van der Waals surface area (Å²) in [4.78, 5) is 0. The zero-order valence-corrected chi connectivity index (χ0v) is 7.35. The van der Waals surface area contributed by atoms with Crippen LogP contribution in [-0.4, -0.2) is 5.11 Å². The Kier molecular flexibility index (Phi) is 3.01. The van der Waals surface area contributed by atoms with E-state index in [1.54, 1.807) is 0 Å². The largest absolute Gasteiger partial charge is 0.384 e. The molecule has 1 unspecified atom stereocenters. The number of halogens is 3. The fourth-order valence-electron chi connectivity index (χ4n) is 0.892. The first-order valence-electron chi connectivity index (χ1n) is 3.51. The predicted molar refractivity (Wildman–Crippen MR) is 46.5 cm³/mol. The lowest BCUT2D eigenvalue weighted by atomic mass is 10.1. The van der Waals surface area contributed by atoms with Gasteiger partial charge in [-0.2, -0.15) is 0 Å². The molecular weight excluding hydrogens is 198 g/mol. The molecular formula is C9H7ClF2O. The average molecular weight is 205 g/mol. The first kappa shape index (κ1) is 10.2. The molecule has 0 spiro atoms. The van der Waals surface area contributed by atoms with Crippen molar-refractivity contribution in [2.24, 2.45) is 0 Å². The molecule has 0 bridgehead atoms. The molecule has 4 heteroatoms. The molecule has 1 aromatic carbocycles. The summed E-state index contributed by atoms with van der Waals surface area (Å²) < 4.78 is 25.6. The molecule has 1 nitrogen and oxygen atoms in total. The second-order valence-corrected chi connectivity index (χ2v) is 2.88. The van der Waals surface area contributed by atoms with Gasteiger partial charge >= 0.3 is 0 Å². The summed E-state index contributed by atoms with van der Waals surface area (Å²) in [6, 6.07) is 1.67. The highest BCUT2D eigenvalue weighted by molar-refractivity contribution is 6.30. The lowest BCUT2D eigenvalue weighted by Gasteiger charge is -2.07. The van der Waals surface area contributed by atoms with Crippen LogP contribution in [-0.2, 0) is 0 Å². The van der Waals surface area contributed by atoms with Gasteiger partial charge in [0.1, 0.15) is 11.6 Å². The van der Waals surface area contributed by atoms with Crippen molar-refractivity contribution in [3.05, 3.63) is 47.0 Å². The summed E-state index contributed by atoms with van der Waals surface area (Å²) in [6.45, 7) is 3.28. The van der Waals surface area contributed by atoms with E-state index in [-0.39, 0.29) is 10.6 Å². The van der Waals surface area contributed by atoms with E-state index in [9.17, 15) is 13.9 Å². The number of hydrogen-bond donors (Lipinski definition) is 1. The minimum Gasteiger partial charge on any atom is -0.384 e. The molecule has 0 fully saturated rings. The highest BCUT2D eigenvalue weighted by Gasteiger charge is 2.12. The van der Waals surface area contributed by atoms with Crippen molar-refractivity contribution in [1.29, 1.82) is 0 Å². The molecule has 1 rings (SSSR count). The van der Waals surface area contributed by atoms with Crippen LogP contribution in [0.4, 0.5) is 8.78 Å². The molecule has 1 N–H and O–H groups in total. The van der Waals surface area contributed by atoms with Crippen LogP contribution in [0.1, 0.15) is 11.7 Å². The van der Waals surface area contributed by atoms with E-state index < -0.39 is 17.7 Å². The predicted octanol–water partition coefficient (Wildman–Crippen LogP) is 2.84. The summed E-state index contributed by atoms with van der Waals surface area (Å²) in [5.74, 6) is -1.69. The van der Waals surface area contributed by atoms with E-state index in [2.05, 4.69) is 6.58 Å². The number of aliphatic hydroxyl groups excluding tert-OH is 1. The van der Waals surface area contributed by atoms with Crippen LogP contribution in [0.2, 0.25) is 5.02 Å². The fraction of sp³-hybridized carbons (Fsp3) is 0.111. The molecule has 70 valence electrons.